The third kappa shape index (κ3) is 4.65. The van der Waals surface area contributed by atoms with Crippen LogP contribution in [0.2, 0.25) is 0 Å². The van der Waals surface area contributed by atoms with Gasteiger partial charge in [0.25, 0.3) is 0 Å². The van der Waals surface area contributed by atoms with Crippen LogP contribution in [0.15, 0.2) is 0 Å². The Morgan fingerprint density at radius 2 is 1.89 bits per heavy atom. The smallest absolute Gasteiger partial charge is 0.341 e. The highest BCUT2D eigenvalue weighted by atomic mass is 16.5. The topological polar surface area (TPSA) is 116 Å². The molecule has 2 rings (SSSR count). The molecule has 0 bridgehead atoms. The van der Waals surface area contributed by atoms with E-state index in [0.717, 1.165) is 25.7 Å². The molecule has 1 saturated heterocycles. The van der Waals surface area contributed by atoms with Gasteiger partial charge >= 0.3 is 18.0 Å². The Kier molecular flexibility index (Phi) is 7.32. The van der Waals surface area contributed by atoms with Gasteiger partial charge in [0.15, 0.2) is 0 Å². The van der Waals surface area contributed by atoms with E-state index < -0.39 is 22.5 Å². The van der Waals surface area contributed by atoms with Crippen LogP contribution in [0.1, 0.15) is 51.9 Å². The van der Waals surface area contributed by atoms with Gasteiger partial charge in [0.1, 0.15) is 6.04 Å². The van der Waals surface area contributed by atoms with Crippen LogP contribution in [0, 0.1) is 11.8 Å². The molecule has 1 aliphatic carbocycles. The summed E-state index contributed by atoms with van der Waals surface area (Å²) in [6.45, 7) is 2.01. The Morgan fingerprint density at radius 1 is 1.22 bits per heavy atom. The van der Waals surface area contributed by atoms with Crippen molar-refractivity contribution in [3.63, 3.8) is 0 Å². The zero-order valence-corrected chi connectivity index (χ0v) is 16.1. The van der Waals surface area contributed by atoms with Crippen molar-refractivity contribution < 1.29 is 28.9 Å². The molecule has 1 aliphatic heterocycles. The van der Waals surface area contributed by atoms with Gasteiger partial charge in [-0.3, -0.25) is 10.0 Å². The zero-order chi connectivity index (χ0) is 20.0. The van der Waals surface area contributed by atoms with Crippen molar-refractivity contribution in [2.24, 2.45) is 11.8 Å². The molecule has 2 aliphatic rings. The number of hydroxylamine groups is 2. The van der Waals surface area contributed by atoms with E-state index in [1.165, 1.54) is 7.05 Å². The first kappa shape index (κ1) is 21.3. The lowest BCUT2D eigenvalue weighted by Gasteiger charge is -2.36. The first-order chi connectivity index (χ1) is 12.8. The number of quaternary nitrogens is 1. The molecular weight excluding hydrogens is 352 g/mol. The van der Waals surface area contributed by atoms with Crippen LogP contribution >= 0.6 is 0 Å². The van der Waals surface area contributed by atoms with Crippen molar-refractivity contribution in [1.82, 2.24) is 15.7 Å². The number of rotatable bonds is 6. The summed E-state index contributed by atoms with van der Waals surface area (Å²) in [5, 5.41) is 14.8. The molecule has 0 aromatic heterocycles. The van der Waals surface area contributed by atoms with E-state index in [9.17, 15) is 24.4 Å². The summed E-state index contributed by atoms with van der Waals surface area (Å²) in [5.74, 6) is -0.632. The second kappa shape index (κ2) is 9.27. The number of likely N-dealkylation sites (tertiary alicyclic amines) is 1. The summed E-state index contributed by atoms with van der Waals surface area (Å²) in [5.41, 5.74) is 0. The molecular formula is C18H31N4O5+. The van der Waals surface area contributed by atoms with Gasteiger partial charge in [0, 0.05) is 19.9 Å². The van der Waals surface area contributed by atoms with Crippen LogP contribution < -0.4 is 10.6 Å². The maximum absolute atomic E-state index is 13.6. The summed E-state index contributed by atoms with van der Waals surface area (Å²) in [6, 6.07) is -1.57. The molecule has 9 nitrogen and oxygen atoms in total. The molecule has 2 fully saturated rings. The number of urea groups is 2. The van der Waals surface area contributed by atoms with Gasteiger partial charge in [0.05, 0.1) is 19.0 Å². The first-order valence-electron chi connectivity index (χ1n) is 9.71. The van der Waals surface area contributed by atoms with Crippen molar-refractivity contribution in [3.05, 3.63) is 0 Å². The summed E-state index contributed by atoms with van der Waals surface area (Å²) in [6.07, 6.45) is 6.43. The Balaban J connectivity index is 2.28. The third-order valence-corrected chi connectivity index (χ3v) is 6.06. The third-order valence-electron chi connectivity index (χ3n) is 6.06. The van der Waals surface area contributed by atoms with Crippen molar-refractivity contribution in [3.8, 4) is 0 Å². The maximum Gasteiger partial charge on any atom is 0.432 e. The van der Waals surface area contributed by atoms with Crippen LogP contribution in [0.3, 0.4) is 0 Å². The van der Waals surface area contributed by atoms with Crippen LogP contribution in [0.25, 0.3) is 0 Å². The minimum Gasteiger partial charge on any atom is -0.341 e. The largest absolute Gasteiger partial charge is 0.432 e. The predicted molar refractivity (Wildman–Crippen MR) is 96.4 cm³/mol. The van der Waals surface area contributed by atoms with Crippen molar-refractivity contribution in [2.75, 3.05) is 20.1 Å². The number of hydrogen-bond acceptors (Lipinski definition) is 5. The highest BCUT2D eigenvalue weighted by Gasteiger charge is 2.55. The summed E-state index contributed by atoms with van der Waals surface area (Å²) >= 11 is 0. The number of hydrogen-bond donors (Lipinski definition) is 3. The molecule has 6 amide bonds. The SMILES string of the molecule is CNC(=O)NC(=O)[N+]1(C(=O)[C@H](CC2CCCC2)CN(O)C=O)CCC[C@H]1C. The minimum atomic E-state index is -0.659. The second-order valence-electron chi connectivity index (χ2n) is 7.74. The molecule has 0 spiro atoms. The predicted octanol–water partition coefficient (Wildman–Crippen LogP) is 1.61. The van der Waals surface area contributed by atoms with Crippen LogP contribution in [0.4, 0.5) is 9.59 Å². The molecule has 27 heavy (non-hydrogen) atoms. The highest BCUT2D eigenvalue weighted by molar-refractivity contribution is 5.95. The molecule has 9 heteroatoms. The number of carbonyl (C=O) groups is 4. The summed E-state index contributed by atoms with van der Waals surface area (Å²) in [7, 11) is 1.40. The number of nitrogens with zero attached hydrogens (tertiary/aromatic N) is 2. The molecule has 0 aromatic carbocycles. The normalized spacial score (nSPS) is 26.4. The first-order valence-corrected chi connectivity index (χ1v) is 9.71. The lowest BCUT2D eigenvalue weighted by Crippen LogP contribution is -2.66. The van der Waals surface area contributed by atoms with Gasteiger partial charge in [-0.1, -0.05) is 25.7 Å². The molecule has 3 N–H and O–H groups in total. The Hall–Kier alpha value is -2.00. The van der Waals surface area contributed by atoms with Gasteiger partial charge in [-0.15, -0.1) is 0 Å². The molecule has 1 saturated carbocycles. The maximum atomic E-state index is 13.6. The fourth-order valence-corrected chi connectivity index (χ4v) is 4.56. The molecule has 3 atom stereocenters. The lowest BCUT2D eigenvalue weighted by atomic mass is 9.91. The fourth-order valence-electron chi connectivity index (χ4n) is 4.56. The van der Waals surface area contributed by atoms with Crippen molar-refractivity contribution in [2.45, 2.75) is 57.9 Å². The van der Waals surface area contributed by atoms with Gasteiger partial charge < -0.3 is 5.32 Å². The van der Waals surface area contributed by atoms with Gasteiger partial charge in [-0.05, 0) is 19.3 Å². The Bertz CT molecular complexity index is 578. The van der Waals surface area contributed by atoms with Crippen LogP contribution in [0.5, 0.6) is 0 Å². The highest BCUT2D eigenvalue weighted by Crippen LogP contribution is 2.35. The number of nitrogens with one attached hydrogen (secondary N) is 2. The van der Waals surface area contributed by atoms with E-state index in [1.807, 2.05) is 6.92 Å². The van der Waals surface area contributed by atoms with Gasteiger partial charge in [0.2, 0.25) is 6.41 Å². The Morgan fingerprint density at radius 3 is 2.41 bits per heavy atom. The van der Waals surface area contributed by atoms with Crippen molar-refractivity contribution >= 4 is 24.4 Å². The number of amides is 6. The monoisotopic (exact) mass is 383 g/mol. The minimum absolute atomic E-state index is 0.140. The number of carbonyl (C=O) groups excluding carboxylic acids is 4. The lowest BCUT2D eigenvalue weighted by molar-refractivity contribution is -0.786. The molecule has 152 valence electrons. The van der Waals surface area contributed by atoms with E-state index in [4.69, 9.17) is 0 Å². The Labute approximate surface area is 159 Å². The van der Waals surface area contributed by atoms with E-state index in [-0.39, 0.29) is 24.9 Å². The fraction of sp³-hybridized carbons (Fsp3) is 0.778. The van der Waals surface area contributed by atoms with Crippen LogP contribution in [-0.4, -0.2) is 65.3 Å². The van der Waals surface area contributed by atoms with E-state index in [0.29, 0.717) is 36.8 Å². The van der Waals surface area contributed by atoms with E-state index >= 15 is 0 Å². The summed E-state index contributed by atoms with van der Waals surface area (Å²) in [4.78, 5) is 49.0. The summed E-state index contributed by atoms with van der Waals surface area (Å²) < 4.78 is -0.461. The molecule has 0 aromatic rings. The molecule has 1 unspecified atom stereocenters. The van der Waals surface area contributed by atoms with E-state index in [1.54, 1.807) is 0 Å². The van der Waals surface area contributed by atoms with Crippen LogP contribution in [-0.2, 0) is 9.59 Å². The molecule has 1 heterocycles. The average Bonchev–Trinajstić information content (AvgIpc) is 3.30. The quantitative estimate of drug-likeness (QED) is 0.279. The van der Waals surface area contributed by atoms with Gasteiger partial charge in [-0.25, -0.2) is 24.8 Å². The standard InChI is InChI=1S/C18H30N4O5/c1-13-6-5-9-22(13,18(26)20-17(25)19-2)16(24)15(11-21(27)12-23)10-14-7-3-4-8-14/h12-15,27H,3-11H2,1-2H3,(H-,19,20,25,26)/p+1/t13-,15-,22?/m1/s1. The second-order valence-corrected chi connectivity index (χ2v) is 7.74. The zero-order valence-electron chi connectivity index (χ0n) is 16.1. The molecule has 0 radical (unpaired) electrons. The van der Waals surface area contributed by atoms with Gasteiger partial charge in [-0.2, -0.15) is 4.48 Å². The average molecular weight is 383 g/mol. The van der Waals surface area contributed by atoms with E-state index in [2.05, 4.69) is 10.6 Å². The van der Waals surface area contributed by atoms with Crippen molar-refractivity contribution in [1.29, 1.82) is 0 Å². The number of imide groups is 2.